The van der Waals surface area contributed by atoms with Gasteiger partial charge in [-0.3, -0.25) is 9.59 Å². The fourth-order valence-corrected chi connectivity index (χ4v) is 1.04. The van der Waals surface area contributed by atoms with Crippen LogP contribution in [0, 0.1) is 5.92 Å². The lowest BCUT2D eigenvalue weighted by Crippen LogP contribution is -2.25. The van der Waals surface area contributed by atoms with E-state index in [-0.39, 0.29) is 24.7 Å². The van der Waals surface area contributed by atoms with Crippen LogP contribution >= 0.6 is 0 Å². The number of carboxylic acids is 1. The molecule has 0 saturated heterocycles. The first-order chi connectivity index (χ1) is 6.20. The highest BCUT2D eigenvalue weighted by molar-refractivity contribution is 5.72. The highest BCUT2D eigenvalue weighted by Gasteiger charge is 2.19. The van der Waals surface area contributed by atoms with Crippen molar-refractivity contribution in [3.63, 3.8) is 0 Å². The molecular weight excluding hydrogens is 184 g/mol. The normalized spacial score (nSPS) is 13.4. The molecule has 0 fully saturated rings. The summed E-state index contributed by atoms with van der Waals surface area (Å²) in [6.45, 7) is 7.07. The van der Waals surface area contributed by atoms with Crippen molar-refractivity contribution in [2.75, 3.05) is 0 Å². The molecule has 14 heavy (non-hydrogen) atoms. The van der Waals surface area contributed by atoms with Gasteiger partial charge in [0.15, 0.2) is 0 Å². The van der Waals surface area contributed by atoms with Gasteiger partial charge in [0.25, 0.3) is 0 Å². The number of carbonyl (C=O) groups is 2. The third kappa shape index (κ3) is 7.58. The molecule has 0 heterocycles. The first kappa shape index (κ1) is 12.9. The first-order valence-electron chi connectivity index (χ1n) is 4.64. The Morgan fingerprint density at radius 2 is 1.79 bits per heavy atom. The van der Waals surface area contributed by atoms with E-state index in [1.165, 1.54) is 0 Å². The highest BCUT2D eigenvalue weighted by Crippen LogP contribution is 2.13. The zero-order valence-corrected chi connectivity index (χ0v) is 9.16. The number of hydrogen-bond acceptors (Lipinski definition) is 3. The Kier molecular flexibility index (Phi) is 4.60. The second-order valence-electron chi connectivity index (χ2n) is 4.49. The molecule has 0 amide bonds. The average Bonchev–Trinajstić information content (AvgIpc) is 1.77. The second-order valence-corrected chi connectivity index (χ2v) is 4.49. The van der Waals surface area contributed by atoms with Gasteiger partial charge in [0.05, 0.1) is 0 Å². The van der Waals surface area contributed by atoms with Gasteiger partial charge in [0, 0.05) is 12.8 Å². The number of hydrogen-bond donors (Lipinski definition) is 1. The van der Waals surface area contributed by atoms with E-state index in [0.29, 0.717) is 0 Å². The van der Waals surface area contributed by atoms with Crippen molar-refractivity contribution in [1.29, 1.82) is 0 Å². The molecule has 82 valence electrons. The van der Waals surface area contributed by atoms with Gasteiger partial charge in [0.1, 0.15) is 5.60 Å². The maximum absolute atomic E-state index is 11.2. The molecule has 0 aliphatic carbocycles. The molecule has 0 spiro atoms. The number of carbonyl (C=O) groups excluding carboxylic acids is 1. The number of aliphatic carboxylic acids is 1. The van der Waals surface area contributed by atoms with Crippen LogP contribution in [-0.4, -0.2) is 22.6 Å². The zero-order chi connectivity index (χ0) is 11.4. The Labute approximate surface area is 84.3 Å². The third-order valence-corrected chi connectivity index (χ3v) is 1.46. The maximum atomic E-state index is 11.2. The van der Waals surface area contributed by atoms with E-state index in [2.05, 4.69) is 0 Å². The van der Waals surface area contributed by atoms with Crippen molar-refractivity contribution in [3.05, 3.63) is 0 Å². The fraction of sp³-hybridized carbons (Fsp3) is 0.800. The minimum absolute atomic E-state index is 0.000751. The minimum atomic E-state index is -0.888. The topological polar surface area (TPSA) is 63.6 Å². The number of carboxylic acid groups (broad SMARTS) is 1. The van der Waals surface area contributed by atoms with E-state index in [1.54, 1.807) is 27.7 Å². The van der Waals surface area contributed by atoms with Crippen molar-refractivity contribution in [2.45, 2.75) is 46.1 Å². The Bertz CT molecular complexity index is 215. The van der Waals surface area contributed by atoms with E-state index in [4.69, 9.17) is 9.84 Å². The standard InChI is InChI=1S/C10H18O4/c1-7(5-8(11)12)6-9(13)14-10(2,3)4/h7H,5-6H2,1-4H3,(H,11,12)/t7-/m0/s1. The lowest BCUT2D eigenvalue weighted by Gasteiger charge is -2.20. The summed E-state index contributed by atoms with van der Waals surface area (Å²) < 4.78 is 5.06. The molecule has 0 unspecified atom stereocenters. The summed E-state index contributed by atoms with van der Waals surface area (Å²) in [5, 5.41) is 8.48. The number of esters is 1. The predicted octanol–water partition coefficient (Wildman–Crippen LogP) is 1.83. The molecule has 0 aliphatic rings. The molecule has 0 bridgehead atoms. The first-order valence-corrected chi connectivity index (χ1v) is 4.64. The van der Waals surface area contributed by atoms with Gasteiger partial charge >= 0.3 is 11.9 Å². The number of ether oxygens (including phenoxy) is 1. The third-order valence-electron chi connectivity index (χ3n) is 1.46. The van der Waals surface area contributed by atoms with Gasteiger partial charge in [-0.25, -0.2) is 0 Å². The Morgan fingerprint density at radius 3 is 2.14 bits per heavy atom. The van der Waals surface area contributed by atoms with E-state index < -0.39 is 11.6 Å². The summed E-state index contributed by atoms with van der Waals surface area (Å²) in [6, 6.07) is 0. The predicted molar refractivity (Wildman–Crippen MR) is 51.9 cm³/mol. The Morgan fingerprint density at radius 1 is 1.29 bits per heavy atom. The van der Waals surface area contributed by atoms with Gasteiger partial charge in [-0.2, -0.15) is 0 Å². The van der Waals surface area contributed by atoms with E-state index in [0.717, 1.165) is 0 Å². The van der Waals surface area contributed by atoms with Crippen molar-refractivity contribution >= 4 is 11.9 Å². The van der Waals surface area contributed by atoms with Gasteiger partial charge in [-0.05, 0) is 26.7 Å². The molecule has 0 radical (unpaired) electrons. The SMILES string of the molecule is C[C@@H](CC(=O)O)CC(=O)OC(C)(C)C. The van der Waals surface area contributed by atoms with Crippen LogP contribution in [0.1, 0.15) is 40.5 Å². The number of rotatable bonds is 4. The fourth-order valence-electron chi connectivity index (χ4n) is 1.04. The summed E-state index contributed by atoms with van der Waals surface area (Å²) in [7, 11) is 0. The lowest BCUT2D eigenvalue weighted by atomic mass is 10.0. The van der Waals surface area contributed by atoms with Gasteiger partial charge in [-0.15, -0.1) is 0 Å². The monoisotopic (exact) mass is 202 g/mol. The second kappa shape index (κ2) is 4.98. The van der Waals surface area contributed by atoms with Crippen LogP contribution < -0.4 is 0 Å². The van der Waals surface area contributed by atoms with Gasteiger partial charge in [0.2, 0.25) is 0 Å². The highest BCUT2D eigenvalue weighted by atomic mass is 16.6. The minimum Gasteiger partial charge on any atom is -0.481 e. The summed E-state index contributed by atoms with van der Waals surface area (Å²) >= 11 is 0. The molecule has 4 heteroatoms. The summed E-state index contributed by atoms with van der Waals surface area (Å²) in [5.74, 6) is -1.41. The van der Waals surface area contributed by atoms with E-state index >= 15 is 0 Å². The van der Waals surface area contributed by atoms with Crippen LogP contribution in [0.15, 0.2) is 0 Å². The molecule has 1 atom stereocenters. The van der Waals surface area contributed by atoms with Crippen LogP contribution in [0.4, 0.5) is 0 Å². The molecule has 1 N–H and O–H groups in total. The van der Waals surface area contributed by atoms with Crippen molar-refractivity contribution < 1.29 is 19.4 Å². The maximum Gasteiger partial charge on any atom is 0.306 e. The Balaban J connectivity index is 3.89. The van der Waals surface area contributed by atoms with Gasteiger partial charge in [-0.1, -0.05) is 6.92 Å². The Hall–Kier alpha value is -1.06. The van der Waals surface area contributed by atoms with Crippen LogP contribution in [0.2, 0.25) is 0 Å². The van der Waals surface area contributed by atoms with E-state index in [9.17, 15) is 9.59 Å². The van der Waals surface area contributed by atoms with Crippen LogP contribution in [-0.2, 0) is 14.3 Å². The smallest absolute Gasteiger partial charge is 0.306 e. The van der Waals surface area contributed by atoms with E-state index in [1.807, 2.05) is 0 Å². The lowest BCUT2D eigenvalue weighted by molar-refractivity contribution is -0.156. The summed E-state index contributed by atoms with van der Waals surface area (Å²) in [5.41, 5.74) is -0.500. The van der Waals surface area contributed by atoms with Gasteiger partial charge < -0.3 is 9.84 Å². The quantitative estimate of drug-likeness (QED) is 0.706. The van der Waals surface area contributed by atoms with Crippen molar-refractivity contribution in [2.24, 2.45) is 5.92 Å². The van der Waals surface area contributed by atoms with Crippen LogP contribution in [0.3, 0.4) is 0 Å². The van der Waals surface area contributed by atoms with Crippen molar-refractivity contribution in [1.82, 2.24) is 0 Å². The molecule has 0 aromatic heterocycles. The molecule has 0 aromatic rings. The zero-order valence-electron chi connectivity index (χ0n) is 9.16. The molecule has 0 saturated carbocycles. The molecule has 4 nitrogen and oxygen atoms in total. The van der Waals surface area contributed by atoms with Crippen LogP contribution in [0.25, 0.3) is 0 Å². The largest absolute Gasteiger partial charge is 0.481 e. The summed E-state index contributed by atoms with van der Waals surface area (Å²) in [4.78, 5) is 21.6. The summed E-state index contributed by atoms with van der Waals surface area (Å²) in [6.07, 6.45) is 0.156. The van der Waals surface area contributed by atoms with Crippen LogP contribution in [0.5, 0.6) is 0 Å². The molecule has 0 aromatic carbocycles. The molecule has 0 aliphatic heterocycles. The van der Waals surface area contributed by atoms with Crippen molar-refractivity contribution in [3.8, 4) is 0 Å². The molecule has 0 rings (SSSR count). The average molecular weight is 202 g/mol. The molecular formula is C10H18O4.